The van der Waals surface area contributed by atoms with Crippen molar-refractivity contribution in [3.05, 3.63) is 126 Å². The summed E-state index contributed by atoms with van der Waals surface area (Å²) < 4.78 is 0. The number of fused-ring (bicyclic) bond motifs is 1. The first-order valence-electron chi connectivity index (χ1n) is 11.2. The zero-order valence-electron chi connectivity index (χ0n) is 19.1. The molecule has 5 rings (SSSR count). The van der Waals surface area contributed by atoms with Gasteiger partial charge in [0.15, 0.2) is 0 Å². The van der Waals surface area contributed by atoms with E-state index < -0.39 is 7.92 Å². The number of halogens is 2. The molecule has 0 saturated heterocycles. The molecule has 35 heavy (non-hydrogen) atoms. The third kappa shape index (κ3) is 6.55. The molecule has 0 aliphatic carbocycles. The van der Waals surface area contributed by atoms with Crippen molar-refractivity contribution in [3.8, 4) is 0 Å². The summed E-state index contributed by atoms with van der Waals surface area (Å²) in [6.07, 6.45) is 0.783. The summed E-state index contributed by atoms with van der Waals surface area (Å²) in [6.45, 7) is 0.484. The molecule has 4 aromatic carbocycles. The molecule has 0 bridgehead atoms. The third-order valence-electron chi connectivity index (χ3n) is 5.44. The van der Waals surface area contributed by atoms with Gasteiger partial charge in [-0.3, -0.25) is 14.5 Å². The van der Waals surface area contributed by atoms with Crippen LogP contribution in [-0.4, -0.2) is 28.6 Å². The lowest BCUT2D eigenvalue weighted by Crippen LogP contribution is -2.30. The summed E-state index contributed by atoms with van der Waals surface area (Å²) in [5, 5.41) is 4.99. The predicted molar refractivity (Wildman–Crippen MR) is 156 cm³/mol. The SMILES string of the molecule is Br.O=C1c2ccccc2C(=O)N1CCCBr.c1ccc(P(c2ccccc2)c2ccccc2)cc1. The van der Waals surface area contributed by atoms with Crippen molar-refractivity contribution in [2.45, 2.75) is 6.42 Å². The number of imide groups is 1. The summed E-state index contributed by atoms with van der Waals surface area (Å²) in [4.78, 5) is 24.9. The van der Waals surface area contributed by atoms with E-state index in [1.165, 1.54) is 20.8 Å². The van der Waals surface area contributed by atoms with Gasteiger partial charge in [-0.25, -0.2) is 0 Å². The van der Waals surface area contributed by atoms with E-state index in [9.17, 15) is 9.59 Å². The lowest BCUT2D eigenvalue weighted by atomic mass is 10.1. The van der Waals surface area contributed by atoms with E-state index in [0.717, 1.165) is 11.8 Å². The fourth-order valence-corrected chi connectivity index (χ4v) is 6.39. The molecule has 0 unspecified atom stereocenters. The smallest absolute Gasteiger partial charge is 0.261 e. The molecule has 0 radical (unpaired) electrons. The Labute approximate surface area is 226 Å². The van der Waals surface area contributed by atoms with Crippen molar-refractivity contribution in [1.29, 1.82) is 0 Å². The van der Waals surface area contributed by atoms with Gasteiger partial charge in [0.25, 0.3) is 11.8 Å². The zero-order chi connectivity index (χ0) is 23.8. The molecule has 1 aliphatic heterocycles. The first kappa shape index (κ1) is 27.0. The van der Waals surface area contributed by atoms with Crippen molar-refractivity contribution in [2.24, 2.45) is 0 Å². The normalized spacial score (nSPS) is 12.0. The maximum Gasteiger partial charge on any atom is 0.261 e. The quantitative estimate of drug-likeness (QED) is 0.151. The molecule has 2 amide bonds. The summed E-state index contributed by atoms with van der Waals surface area (Å²) in [7, 11) is -0.446. The van der Waals surface area contributed by atoms with E-state index >= 15 is 0 Å². The first-order valence-corrected chi connectivity index (χ1v) is 13.6. The van der Waals surface area contributed by atoms with Crippen LogP contribution in [-0.2, 0) is 0 Å². The number of carbonyl (C=O) groups excluding carboxylic acids is 2. The van der Waals surface area contributed by atoms with Gasteiger partial charge in [0.1, 0.15) is 0 Å². The van der Waals surface area contributed by atoms with Crippen LogP contribution in [0.25, 0.3) is 0 Å². The van der Waals surface area contributed by atoms with Crippen LogP contribution in [0.15, 0.2) is 115 Å². The van der Waals surface area contributed by atoms with Gasteiger partial charge < -0.3 is 0 Å². The Bertz CT molecular complexity index is 1110. The van der Waals surface area contributed by atoms with E-state index in [4.69, 9.17) is 0 Å². The van der Waals surface area contributed by atoms with Crippen LogP contribution < -0.4 is 15.9 Å². The third-order valence-corrected chi connectivity index (χ3v) is 8.44. The molecule has 1 aliphatic rings. The number of benzene rings is 4. The van der Waals surface area contributed by atoms with E-state index in [0.29, 0.717) is 17.7 Å². The molecule has 0 aromatic heterocycles. The fraction of sp³-hybridized carbons (Fsp3) is 0.103. The minimum atomic E-state index is -0.446. The van der Waals surface area contributed by atoms with Crippen LogP contribution in [0.1, 0.15) is 27.1 Å². The average molecular weight is 611 g/mol. The second-order valence-electron chi connectivity index (χ2n) is 7.69. The van der Waals surface area contributed by atoms with Crippen molar-refractivity contribution in [1.82, 2.24) is 4.90 Å². The highest BCUT2D eigenvalue weighted by Crippen LogP contribution is 2.32. The van der Waals surface area contributed by atoms with Gasteiger partial charge in [0.05, 0.1) is 11.1 Å². The molecule has 0 N–H and O–H groups in total. The van der Waals surface area contributed by atoms with Gasteiger partial charge in [0, 0.05) is 11.9 Å². The second-order valence-corrected chi connectivity index (χ2v) is 10.7. The fourth-order valence-electron chi connectivity index (χ4n) is 3.84. The van der Waals surface area contributed by atoms with Gasteiger partial charge in [-0.2, -0.15) is 0 Å². The lowest BCUT2D eigenvalue weighted by molar-refractivity contribution is 0.0655. The zero-order valence-corrected chi connectivity index (χ0v) is 23.3. The number of amides is 2. The molecule has 0 spiro atoms. The number of hydrogen-bond donors (Lipinski definition) is 0. The summed E-state index contributed by atoms with van der Waals surface area (Å²) >= 11 is 3.28. The minimum absolute atomic E-state index is 0. The van der Waals surface area contributed by atoms with Gasteiger partial charge >= 0.3 is 0 Å². The molecule has 0 fully saturated rings. The maximum atomic E-state index is 11.8. The molecule has 4 aromatic rings. The van der Waals surface area contributed by atoms with Crippen LogP contribution >= 0.6 is 40.8 Å². The largest absolute Gasteiger partial charge is 0.274 e. The number of nitrogens with zero attached hydrogens (tertiary/aromatic N) is 1. The Hall–Kier alpha value is -2.59. The Morgan fingerprint density at radius 2 is 0.914 bits per heavy atom. The topological polar surface area (TPSA) is 37.4 Å². The molecular weight excluding hydrogens is 585 g/mol. The van der Waals surface area contributed by atoms with E-state index in [-0.39, 0.29) is 28.8 Å². The minimum Gasteiger partial charge on any atom is -0.274 e. The van der Waals surface area contributed by atoms with Crippen LogP contribution in [0.4, 0.5) is 0 Å². The van der Waals surface area contributed by atoms with Crippen LogP contribution in [0.2, 0.25) is 0 Å². The van der Waals surface area contributed by atoms with Crippen molar-refractivity contribution in [2.75, 3.05) is 11.9 Å². The highest BCUT2D eigenvalue weighted by atomic mass is 79.9. The maximum absolute atomic E-state index is 11.8. The van der Waals surface area contributed by atoms with Crippen LogP contribution in [0.5, 0.6) is 0 Å². The Balaban J connectivity index is 0.000000195. The van der Waals surface area contributed by atoms with Crippen molar-refractivity contribution >= 4 is 68.6 Å². The van der Waals surface area contributed by atoms with Crippen LogP contribution in [0, 0.1) is 0 Å². The standard InChI is InChI=1S/C18H15P.C11H10BrNO2.BrH/c1-4-10-16(11-5-1)19(17-12-6-2-7-13-17)18-14-8-3-9-15-18;12-6-3-7-13-10(14)8-4-1-2-5-9(8)11(13)15;/h1-15H;1-2,4-5H,3,6-7H2;1H. The molecule has 6 heteroatoms. The molecule has 0 atom stereocenters. The molecule has 1 heterocycles. The number of hydrogen-bond acceptors (Lipinski definition) is 2. The average Bonchev–Trinajstić information content (AvgIpc) is 3.15. The number of rotatable bonds is 6. The van der Waals surface area contributed by atoms with Crippen molar-refractivity contribution < 1.29 is 9.59 Å². The summed E-state index contributed by atoms with van der Waals surface area (Å²) in [6, 6.07) is 39.3. The monoisotopic (exact) mass is 609 g/mol. The van der Waals surface area contributed by atoms with Crippen LogP contribution in [0.3, 0.4) is 0 Å². The predicted octanol–water partition coefficient (Wildman–Crippen LogP) is 6.09. The van der Waals surface area contributed by atoms with E-state index in [2.05, 4.69) is 107 Å². The first-order chi connectivity index (χ1) is 16.7. The Morgan fingerprint density at radius 3 is 1.26 bits per heavy atom. The highest BCUT2D eigenvalue weighted by molar-refractivity contribution is 9.09. The molecule has 0 saturated carbocycles. The number of alkyl halides is 1. The number of carbonyl (C=O) groups is 2. The van der Waals surface area contributed by atoms with E-state index in [1.54, 1.807) is 24.3 Å². The highest BCUT2D eigenvalue weighted by Gasteiger charge is 2.34. The summed E-state index contributed by atoms with van der Waals surface area (Å²) in [5.41, 5.74) is 1.05. The van der Waals surface area contributed by atoms with Gasteiger partial charge in [0.2, 0.25) is 0 Å². The van der Waals surface area contributed by atoms with E-state index in [1.807, 2.05) is 0 Å². The van der Waals surface area contributed by atoms with Gasteiger partial charge in [-0.15, -0.1) is 17.0 Å². The molecule has 178 valence electrons. The molecule has 3 nitrogen and oxygen atoms in total. The lowest BCUT2D eigenvalue weighted by Gasteiger charge is -2.18. The van der Waals surface area contributed by atoms with Gasteiger partial charge in [-0.1, -0.05) is 119 Å². The Kier molecular flexibility index (Phi) is 10.4. The van der Waals surface area contributed by atoms with Crippen molar-refractivity contribution in [3.63, 3.8) is 0 Å². The summed E-state index contributed by atoms with van der Waals surface area (Å²) in [5.74, 6) is -0.340. The second kappa shape index (κ2) is 13.5. The molecular formula is C29H26Br2NO2P. The Morgan fingerprint density at radius 1 is 0.571 bits per heavy atom. The van der Waals surface area contributed by atoms with Gasteiger partial charge in [-0.05, 0) is 42.4 Å².